The van der Waals surface area contributed by atoms with Gasteiger partial charge in [0.2, 0.25) is 5.91 Å². The van der Waals surface area contributed by atoms with Gasteiger partial charge in [0.1, 0.15) is 0 Å². The minimum Gasteiger partial charge on any atom is -0.341 e. The lowest BCUT2D eigenvalue weighted by Gasteiger charge is -2.15. The van der Waals surface area contributed by atoms with Crippen LogP contribution < -0.4 is 5.73 Å². The van der Waals surface area contributed by atoms with Crippen LogP contribution in [-0.2, 0) is 11.2 Å². The second-order valence-electron chi connectivity index (χ2n) is 3.93. The topological polar surface area (TPSA) is 59.2 Å². The van der Waals surface area contributed by atoms with Gasteiger partial charge in [-0.05, 0) is 18.1 Å². The second-order valence-corrected chi connectivity index (χ2v) is 3.93. The minimum absolute atomic E-state index is 0. The molecule has 0 bridgehead atoms. The first-order chi connectivity index (χ1) is 7.25. The van der Waals surface area contributed by atoms with Crippen LogP contribution in [0.2, 0.25) is 0 Å². The van der Waals surface area contributed by atoms with E-state index in [0.717, 1.165) is 18.5 Å². The van der Waals surface area contributed by atoms with Crippen LogP contribution in [0, 0.1) is 0 Å². The van der Waals surface area contributed by atoms with Crippen molar-refractivity contribution in [3.8, 4) is 0 Å². The molecule has 1 aliphatic rings. The van der Waals surface area contributed by atoms with Crippen LogP contribution in [0.1, 0.15) is 12.0 Å². The first-order valence-electron chi connectivity index (χ1n) is 5.18. The highest BCUT2D eigenvalue weighted by Gasteiger charge is 2.23. The highest BCUT2D eigenvalue weighted by molar-refractivity contribution is 5.85. The number of halogens is 1. The van der Waals surface area contributed by atoms with Gasteiger partial charge in [-0.15, -0.1) is 12.4 Å². The fourth-order valence-corrected chi connectivity index (χ4v) is 1.80. The summed E-state index contributed by atoms with van der Waals surface area (Å²) in [7, 11) is 0. The van der Waals surface area contributed by atoms with E-state index in [1.165, 1.54) is 0 Å². The summed E-state index contributed by atoms with van der Waals surface area (Å²) in [5, 5.41) is 0. The Bertz CT molecular complexity index is 344. The molecule has 16 heavy (non-hydrogen) atoms. The van der Waals surface area contributed by atoms with E-state index >= 15 is 0 Å². The van der Waals surface area contributed by atoms with Crippen LogP contribution in [0.25, 0.3) is 0 Å². The van der Waals surface area contributed by atoms with E-state index in [9.17, 15) is 4.79 Å². The average molecular weight is 242 g/mol. The highest BCUT2D eigenvalue weighted by atomic mass is 35.5. The Kier molecular flexibility index (Phi) is 4.71. The smallest absolute Gasteiger partial charge is 0.227 e. The van der Waals surface area contributed by atoms with Gasteiger partial charge in [0.15, 0.2) is 0 Å². The van der Waals surface area contributed by atoms with Crippen molar-refractivity contribution in [3.63, 3.8) is 0 Å². The average Bonchev–Trinajstić information content (AvgIpc) is 2.66. The summed E-state index contributed by atoms with van der Waals surface area (Å²) in [5.74, 6) is 0.149. The van der Waals surface area contributed by atoms with Crippen LogP contribution in [0.5, 0.6) is 0 Å². The lowest BCUT2D eigenvalue weighted by Crippen LogP contribution is -2.32. The van der Waals surface area contributed by atoms with Crippen molar-refractivity contribution >= 4 is 18.3 Å². The van der Waals surface area contributed by atoms with Crippen molar-refractivity contribution in [2.45, 2.75) is 18.9 Å². The Morgan fingerprint density at radius 2 is 2.44 bits per heavy atom. The van der Waals surface area contributed by atoms with Crippen LogP contribution >= 0.6 is 12.4 Å². The van der Waals surface area contributed by atoms with Gasteiger partial charge in [-0.1, -0.05) is 6.07 Å². The van der Waals surface area contributed by atoms with Gasteiger partial charge in [0.05, 0.1) is 6.42 Å². The Labute approximate surface area is 101 Å². The summed E-state index contributed by atoms with van der Waals surface area (Å²) in [4.78, 5) is 17.6. The Morgan fingerprint density at radius 3 is 3.00 bits per heavy atom. The highest BCUT2D eigenvalue weighted by Crippen LogP contribution is 2.09. The number of rotatable bonds is 2. The van der Waals surface area contributed by atoms with E-state index in [2.05, 4.69) is 4.98 Å². The van der Waals surface area contributed by atoms with Crippen molar-refractivity contribution in [2.24, 2.45) is 5.73 Å². The van der Waals surface area contributed by atoms with Crippen molar-refractivity contribution in [1.82, 2.24) is 9.88 Å². The number of amides is 1. The first-order valence-corrected chi connectivity index (χ1v) is 5.18. The molecule has 1 fully saturated rings. The second kappa shape index (κ2) is 5.82. The minimum atomic E-state index is 0. The lowest BCUT2D eigenvalue weighted by molar-refractivity contribution is -0.129. The maximum absolute atomic E-state index is 11.8. The summed E-state index contributed by atoms with van der Waals surface area (Å²) in [6.45, 7) is 1.49. The maximum atomic E-state index is 11.8. The van der Waals surface area contributed by atoms with Crippen molar-refractivity contribution < 1.29 is 4.79 Å². The molecule has 0 aliphatic carbocycles. The van der Waals surface area contributed by atoms with E-state index in [1.54, 1.807) is 12.4 Å². The molecular weight excluding hydrogens is 226 g/mol. The molecule has 1 aromatic heterocycles. The largest absolute Gasteiger partial charge is 0.341 e. The molecule has 88 valence electrons. The van der Waals surface area contributed by atoms with E-state index in [4.69, 9.17) is 5.73 Å². The van der Waals surface area contributed by atoms with Crippen LogP contribution in [-0.4, -0.2) is 34.9 Å². The van der Waals surface area contributed by atoms with Gasteiger partial charge in [-0.3, -0.25) is 9.78 Å². The van der Waals surface area contributed by atoms with Crippen LogP contribution in [0.3, 0.4) is 0 Å². The predicted molar refractivity (Wildman–Crippen MR) is 64.4 cm³/mol. The molecule has 0 saturated carbocycles. The number of carbonyl (C=O) groups is 1. The zero-order chi connectivity index (χ0) is 10.7. The summed E-state index contributed by atoms with van der Waals surface area (Å²) in [6, 6.07) is 3.92. The molecular formula is C11H16ClN3O. The lowest BCUT2D eigenvalue weighted by atomic mass is 10.2. The zero-order valence-electron chi connectivity index (χ0n) is 9.00. The standard InChI is InChI=1S/C11H15N3O.ClH/c12-10-3-5-14(8-10)11(15)6-9-2-1-4-13-7-9;/h1-2,4,7,10H,3,5-6,8,12H2;1H/t10-;/m1./s1. The Balaban J connectivity index is 0.00000128. The molecule has 0 spiro atoms. The molecule has 0 radical (unpaired) electrons. The molecule has 2 heterocycles. The number of nitrogens with zero attached hydrogens (tertiary/aromatic N) is 2. The van der Waals surface area contributed by atoms with Gasteiger partial charge in [0, 0.05) is 31.5 Å². The monoisotopic (exact) mass is 241 g/mol. The van der Waals surface area contributed by atoms with E-state index in [0.29, 0.717) is 13.0 Å². The van der Waals surface area contributed by atoms with Crippen LogP contribution in [0.15, 0.2) is 24.5 Å². The molecule has 1 saturated heterocycles. The number of carbonyl (C=O) groups excluding carboxylic acids is 1. The maximum Gasteiger partial charge on any atom is 0.227 e. The summed E-state index contributed by atoms with van der Waals surface area (Å²) >= 11 is 0. The molecule has 1 aliphatic heterocycles. The quantitative estimate of drug-likeness (QED) is 0.825. The summed E-state index contributed by atoms with van der Waals surface area (Å²) in [5.41, 5.74) is 6.71. The van der Waals surface area contributed by atoms with Gasteiger partial charge in [-0.25, -0.2) is 0 Å². The number of aromatic nitrogens is 1. The number of likely N-dealkylation sites (tertiary alicyclic amines) is 1. The summed E-state index contributed by atoms with van der Waals surface area (Å²) < 4.78 is 0. The van der Waals surface area contributed by atoms with Gasteiger partial charge < -0.3 is 10.6 Å². The number of hydrogen-bond acceptors (Lipinski definition) is 3. The van der Waals surface area contributed by atoms with Crippen molar-refractivity contribution in [2.75, 3.05) is 13.1 Å². The normalized spacial score (nSPS) is 19.3. The Hall–Kier alpha value is -1.13. The Morgan fingerprint density at radius 1 is 1.62 bits per heavy atom. The van der Waals surface area contributed by atoms with E-state index in [-0.39, 0.29) is 24.4 Å². The molecule has 2 N–H and O–H groups in total. The molecule has 0 aromatic carbocycles. The number of hydrogen-bond donors (Lipinski definition) is 1. The van der Waals surface area contributed by atoms with E-state index in [1.807, 2.05) is 17.0 Å². The number of nitrogens with two attached hydrogens (primary N) is 1. The molecule has 1 atom stereocenters. The molecule has 1 aromatic rings. The zero-order valence-corrected chi connectivity index (χ0v) is 9.82. The fraction of sp³-hybridized carbons (Fsp3) is 0.455. The SMILES string of the molecule is Cl.N[C@@H]1CCN(C(=O)Cc2cccnc2)C1. The fourth-order valence-electron chi connectivity index (χ4n) is 1.80. The molecule has 0 unspecified atom stereocenters. The molecule has 4 nitrogen and oxygen atoms in total. The van der Waals surface area contributed by atoms with Crippen molar-refractivity contribution in [1.29, 1.82) is 0 Å². The third-order valence-electron chi connectivity index (χ3n) is 2.66. The third kappa shape index (κ3) is 3.18. The summed E-state index contributed by atoms with van der Waals surface area (Å²) in [6.07, 6.45) is 4.78. The molecule has 5 heteroatoms. The molecule has 2 rings (SSSR count). The van der Waals surface area contributed by atoms with Gasteiger partial charge in [-0.2, -0.15) is 0 Å². The third-order valence-corrected chi connectivity index (χ3v) is 2.66. The first kappa shape index (κ1) is 12.9. The predicted octanol–water partition coefficient (Wildman–Crippen LogP) is 0.605. The number of pyridine rings is 1. The van der Waals surface area contributed by atoms with Crippen molar-refractivity contribution in [3.05, 3.63) is 30.1 Å². The van der Waals surface area contributed by atoms with Crippen LogP contribution in [0.4, 0.5) is 0 Å². The van der Waals surface area contributed by atoms with E-state index < -0.39 is 0 Å². The van der Waals surface area contributed by atoms with Gasteiger partial charge in [0.25, 0.3) is 0 Å². The molecule has 1 amide bonds. The van der Waals surface area contributed by atoms with Gasteiger partial charge >= 0.3 is 0 Å².